The molecule has 0 aliphatic heterocycles. The number of thiazole rings is 1. The van der Waals surface area contributed by atoms with Crippen molar-refractivity contribution in [1.82, 2.24) is 4.98 Å². The van der Waals surface area contributed by atoms with Gasteiger partial charge in [-0.3, -0.25) is 0 Å². The molecule has 0 amide bonds. The minimum Gasteiger partial charge on any atom is -0.397 e. The molecule has 2 rings (SSSR count). The van der Waals surface area contributed by atoms with Crippen LogP contribution in [0.15, 0.2) is 17.5 Å². The molecule has 0 bridgehead atoms. The third-order valence-electron chi connectivity index (χ3n) is 2.46. The maximum atomic E-state index is 5.95. The molecule has 2 aromatic rings. The Hall–Kier alpha value is -0.970. The van der Waals surface area contributed by atoms with Gasteiger partial charge in [0.05, 0.1) is 32.1 Å². The van der Waals surface area contributed by atoms with Crippen LogP contribution in [0.5, 0.6) is 0 Å². The number of hydrogen-bond acceptors (Lipinski definition) is 4. The van der Waals surface area contributed by atoms with Gasteiger partial charge in [0.2, 0.25) is 0 Å². The zero-order valence-corrected chi connectivity index (χ0v) is 12.2. The Morgan fingerprint density at radius 1 is 1.33 bits per heavy atom. The number of benzene rings is 1. The number of hydrogen-bond donors (Lipinski definition) is 2. The van der Waals surface area contributed by atoms with Crippen LogP contribution in [-0.4, -0.2) is 11.5 Å². The van der Waals surface area contributed by atoms with Crippen LogP contribution in [0.4, 0.5) is 11.4 Å². The van der Waals surface area contributed by atoms with Crippen LogP contribution >= 0.6 is 34.5 Å². The van der Waals surface area contributed by atoms with Gasteiger partial charge in [-0.15, -0.1) is 11.3 Å². The predicted molar refractivity (Wildman–Crippen MR) is 79.9 cm³/mol. The number of nitrogens with one attached hydrogen (secondary N) is 1. The molecule has 6 heteroatoms. The predicted octanol–water partition coefficient (Wildman–Crippen LogP) is 4.00. The van der Waals surface area contributed by atoms with E-state index in [9.17, 15) is 0 Å². The molecule has 1 heterocycles. The SMILES string of the molecule is Cc1nc(CCNc2cc(Cl)c(Cl)cc2N)cs1. The van der Waals surface area contributed by atoms with E-state index in [1.807, 2.05) is 6.92 Å². The molecule has 3 N–H and O–H groups in total. The molecule has 0 atom stereocenters. The van der Waals surface area contributed by atoms with Crippen molar-refractivity contribution in [3.63, 3.8) is 0 Å². The third kappa shape index (κ3) is 3.28. The quantitative estimate of drug-likeness (QED) is 0.839. The minimum absolute atomic E-state index is 0.467. The molecule has 0 fully saturated rings. The van der Waals surface area contributed by atoms with E-state index in [0.717, 1.165) is 29.4 Å². The molecule has 0 saturated heterocycles. The van der Waals surface area contributed by atoms with Crippen molar-refractivity contribution in [2.45, 2.75) is 13.3 Å². The summed E-state index contributed by atoms with van der Waals surface area (Å²) in [5, 5.41) is 7.35. The van der Waals surface area contributed by atoms with Crippen molar-refractivity contribution < 1.29 is 0 Å². The second kappa shape index (κ2) is 5.78. The van der Waals surface area contributed by atoms with E-state index in [0.29, 0.717) is 15.7 Å². The van der Waals surface area contributed by atoms with Gasteiger partial charge >= 0.3 is 0 Å². The number of aromatic nitrogens is 1. The van der Waals surface area contributed by atoms with E-state index < -0.39 is 0 Å². The molecular weight excluding hydrogens is 289 g/mol. The zero-order chi connectivity index (χ0) is 13.1. The monoisotopic (exact) mass is 301 g/mol. The van der Waals surface area contributed by atoms with E-state index in [1.54, 1.807) is 23.5 Å². The average molecular weight is 302 g/mol. The summed E-state index contributed by atoms with van der Waals surface area (Å²) < 4.78 is 0. The maximum Gasteiger partial charge on any atom is 0.0897 e. The molecule has 3 nitrogen and oxygen atoms in total. The highest BCUT2D eigenvalue weighted by molar-refractivity contribution is 7.09. The molecule has 0 unspecified atom stereocenters. The fraction of sp³-hybridized carbons (Fsp3) is 0.250. The topological polar surface area (TPSA) is 50.9 Å². The fourth-order valence-electron chi connectivity index (χ4n) is 1.56. The number of nitrogens with zero attached hydrogens (tertiary/aromatic N) is 1. The third-order valence-corrected chi connectivity index (χ3v) is 4.00. The molecule has 0 spiro atoms. The van der Waals surface area contributed by atoms with Gasteiger partial charge in [0, 0.05) is 18.3 Å². The van der Waals surface area contributed by atoms with Crippen molar-refractivity contribution >= 4 is 45.9 Å². The number of halogens is 2. The van der Waals surface area contributed by atoms with Crippen LogP contribution in [0.3, 0.4) is 0 Å². The number of rotatable bonds is 4. The zero-order valence-electron chi connectivity index (χ0n) is 9.84. The maximum absolute atomic E-state index is 5.95. The van der Waals surface area contributed by atoms with Crippen molar-refractivity contribution in [2.24, 2.45) is 0 Å². The number of nitrogen functional groups attached to an aromatic ring is 1. The van der Waals surface area contributed by atoms with E-state index in [2.05, 4.69) is 15.7 Å². The van der Waals surface area contributed by atoms with Crippen LogP contribution in [0.25, 0.3) is 0 Å². The summed E-state index contributed by atoms with van der Waals surface area (Å²) in [5.74, 6) is 0. The number of aryl methyl sites for hydroxylation is 1. The lowest BCUT2D eigenvalue weighted by atomic mass is 10.2. The van der Waals surface area contributed by atoms with E-state index in [-0.39, 0.29) is 0 Å². The summed E-state index contributed by atoms with van der Waals surface area (Å²) in [7, 11) is 0. The van der Waals surface area contributed by atoms with E-state index >= 15 is 0 Å². The van der Waals surface area contributed by atoms with Crippen molar-refractivity contribution in [1.29, 1.82) is 0 Å². The summed E-state index contributed by atoms with van der Waals surface area (Å²) in [5.41, 5.74) is 8.34. The Morgan fingerprint density at radius 2 is 2.06 bits per heavy atom. The second-order valence-corrected chi connectivity index (χ2v) is 5.76. The summed E-state index contributed by atoms with van der Waals surface area (Å²) in [6.45, 7) is 2.75. The van der Waals surface area contributed by atoms with Gasteiger partial charge in [-0.1, -0.05) is 23.2 Å². The fourth-order valence-corrected chi connectivity index (χ4v) is 2.55. The van der Waals surface area contributed by atoms with Gasteiger partial charge in [0.15, 0.2) is 0 Å². The number of nitrogens with two attached hydrogens (primary N) is 1. The van der Waals surface area contributed by atoms with Gasteiger partial charge in [-0.2, -0.15) is 0 Å². The number of anilines is 2. The summed E-state index contributed by atoms with van der Waals surface area (Å²) >= 11 is 13.5. The largest absolute Gasteiger partial charge is 0.397 e. The van der Waals surface area contributed by atoms with E-state index in [4.69, 9.17) is 28.9 Å². The van der Waals surface area contributed by atoms with E-state index in [1.165, 1.54) is 0 Å². The Bertz CT molecular complexity index is 554. The van der Waals surface area contributed by atoms with Crippen molar-refractivity contribution in [3.8, 4) is 0 Å². The molecule has 0 aliphatic carbocycles. The Balaban J connectivity index is 1.96. The summed E-state index contributed by atoms with van der Waals surface area (Å²) in [6, 6.07) is 3.39. The lowest BCUT2D eigenvalue weighted by Crippen LogP contribution is -2.07. The first-order valence-corrected chi connectivity index (χ1v) is 7.09. The molecule has 0 saturated carbocycles. The van der Waals surface area contributed by atoms with Crippen molar-refractivity contribution in [2.75, 3.05) is 17.6 Å². The lowest BCUT2D eigenvalue weighted by Gasteiger charge is -2.10. The normalized spacial score (nSPS) is 10.6. The average Bonchev–Trinajstić information content (AvgIpc) is 2.71. The van der Waals surface area contributed by atoms with Gasteiger partial charge < -0.3 is 11.1 Å². The van der Waals surface area contributed by atoms with Crippen LogP contribution in [0.2, 0.25) is 10.0 Å². The summed E-state index contributed by atoms with van der Waals surface area (Å²) in [4.78, 5) is 4.40. The Morgan fingerprint density at radius 3 is 2.72 bits per heavy atom. The Kier molecular flexibility index (Phi) is 4.32. The highest BCUT2D eigenvalue weighted by Crippen LogP contribution is 2.30. The first kappa shape index (κ1) is 13.5. The second-order valence-electron chi connectivity index (χ2n) is 3.89. The lowest BCUT2D eigenvalue weighted by molar-refractivity contribution is 0.969. The van der Waals surface area contributed by atoms with Gasteiger partial charge in [-0.05, 0) is 19.1 Å². The van der Waals surface area contributed by atoms with Crippen LogP contribution in [0.1, 0.15) is 10.7 Å². The summed E-state index contributed by atoms with van der Waals surface area (Å²) in [6.07, 6.45) is 0.851. The molecule has 1 aromatic carbocycles. The first-order chi connectivity index (χ1) is 8.56. The smallest absolute Gasteiger partial charge is 0.0897 e. The van der Waals surface area contributed by atoms with Crippen molar-refractivity contribution in [3.05, 3.63) is 38.3 Å². The molecule has 18 heavy (non-hydrogen) atoms. The molecule has 1 aromatic heterocycles. The highest BCUT2D eigenvalue weighted by Gasteiger charge is 2.05. The van der Waals surface area contributed by atoms with Crippen LogP contribution < -0.4 is 11.1 Å². The van der Waals surface area contributed by atoms with Gasteiger partial charge in [-0.25, -0.2) is 4.98 Å². The van der Waals surface area contributed by atoms with Gasteiger partial charge in [0.25, 0.3) is 0 Å². The minimum atomic E-state index is 0.467. The highest BCUT2D eigenvalue weighted by atomic mass is 35.5. The van der Waals surface area contributed by atoms with Crippen LogP contribution in [-0.2, 0) is 6.42 Å². The standard InChI is InChI=1S/C12H13Cl2N3S/c1-7-17-8(6-18-7)2-3-16-12-5-10(14)9(13)4-11(12)15/h4-6,16H,2-3,15H2,1H3. The van der Waals surface area contributed by atoms with Crippen LogP contribution in [0, 0.1) is 6.92 Å². The molecular formula is C12H13Cl2N3S. The van der Waals surface area contributed by atoms with Gasteiger partial charge in [0.1, 0.15) is 0 Å². The molecule has 0 aliphatic rings. The molecule has 96 valence electrons. The Labute approximate surface area is 120 Å². The first-order valence-electron chi connectivity index (χ1n) is 5.45. The molecule has 0 radical (unpaired) electrons.